The molecule has 0 unspecified atom stereocenters. The van der Waals surface area contributed by atoms with Crippen molar-refractivity contribution in [3.63, 3.8) is 0 Å². The lowest BCUT2D eigenvalue weighted by atomic mass is 9.87. The first-order valence-corrected chi connectivity index (χ1v) is 11.2. The highest BCUT2D eigenvalue weighted by Crippen LogP contribution is 2.39. The lowest BCUT2D eigenvalue weighted by Gasteiger charge is -2.16. The predicted molar refractivity (Wildman–Crippen MR) is 131 cm³/mol. The Hall–Kier alpha value is -5.44. The molecule has 3 aromatic rings. The summed E-state index contributed by atoms with van der Waals surface area (Å²) in [6.07, 6.45) is -0.443. The Bertz CT molecular complexity index is 1750. The summed E-state index contributed by atoms with van der Waals surface area (Å²) in [6, 6.07) is 13.7. The molecule has 0 spiro atoms. The Labute approximate surface area is 214 Å². The highest BCUT2D eigenvalue weighted by atomic mass is 19.1. The van der Waals surface area contributed by atoms with Crippen LogP contribution < -0.4 is 10.4 Å². The minimum atomic E-state index is -0.850. The fourth-order valence-electron chi connectivity index (χ4n) is 5.07. The Morgan fingerprint density at radius 1 is 0.658 bits per heavy atom. The number of nitriles is 2. The Kier molecular flexibility index (Phi) is 5.88. The van der Waals surface area contributed by atoms with E-state index < -0.39 is 34.7 Å². The van der Waals surface area contributed by atoms with Crippen molar-refractivity contribution in [3.05, 3.63) is 127 Å². The van der Waals surface area contributed by atoms with Crippen LogP contribution in [0.4, 0.5) is 17.6 Å². The lowest BCUT2D eigenvalue weighted by Crippen LogP contribution is -2.24. The second kappa shape index (κ2) is 9.21. The normalized spacial score (nSPS) is 13.3. The number of rotatable bonds is 2. The van der Waals surface area contributed by atoms with Gasteiger partial charge in [0.1, 0.15) is 54.1 Å². The van der Waals surface area contributed by atoms with Crippen LogP contribution in [-0.4, -0.2) is 0 Å². The van der Waals surface area contributed by atoms with Gasteiger partial charge >= 0.3 is 5.82 Å². The fourth-order valence-corrected chi connectivity index (χ4v) is 5.07. The molecule has 0 fully saturated rings. The van der Waals surface area contributed by atoms with Gasteiger partial charge in [-0.1, -0.05) is 24.3 Å². The molecular formula is C30H12F4N4. The summed E-state index contributed by atoms with van der Waals surface area (Å²) < 4.78 is 59.9. The van der Waals surface area contributed by atoms with Crippen molar-refractivity contribution in [2.24, 2.45) is 0 Å². The summed E-state index contributed by atoms with van der Waals surface area (Å²) in [4.78, 5) is 6.32. The molecule has 0 saturated heterocycles. The van der Waals surface area contributed by atoms with Crippen LogP contribution in [0.2, 0.25) is 0 Å². The molecular weight excluding hydrogens is 492 g/mol. The van der Waals surface area contributed by atoms with Gasteiger partial charge in [-0.2, -0.15) is 20.2 Å². The van der Waals surface area contributed by atoms with Gasteiger partial charge in [0.15, 0.2) is 0 Å². The van der Waals surface area contributed by atoms with Crippen LogP contribution in [0.3, 0.4) is 0 Å². The third-order valence-corrected chi connectivity index (χ3v) is 6.66. The molecule has 0 radical (unpaired) electrons. The van der Waals surface area contributed by atoms with Crippen LogP contribution in [0.5, 0.6) is 0 Å². The molecule has 0 bridgehead atoms. The van der Waals surface area contributed by atoms with E-state index in [0.717, 1.165) is 24.3 Å². The van der Waals surface area contributed by atoms with Gasteiger partial charge < -0.3 is 0 Å². The first-order valence-electron chi connectivity index (χ1n) is 11.2. The number of hydrogen-bond acceptors (Lipinski definition) is 2. The summed E-state index contributed by atoms with van der Waals surface area (Å²) >= 11 is 0. The highest BCUT2D eigenvalue weighted by molar-refractivity contribution is 5.90. The molecule has 8 heteroatoms. The zero-order valence-corrected chi connectivity index (χ0v) is 19.3. The maximum Gasteiger partial charge on any atom is 0.525 e. The van der Waals surface area contributed by atoms with Gasteiger partial charge in [0.2, 0.25) is 0 Å². The molecule has 4 nitrogen and oxygen atoms in total. The molecule has 180 valence electrons. The predicted octanol–water partition coefficient (Wildman–Crippen LogP) is 5.96. The maximum atomic E-state index is 16.2. The average molecular weight is 504 g/mol. The number of nitrogens with zero attached hydrogens (tertiary/aromatic N) is 4. The van der Waals surface area contributed by atoms with Gasteiger partial charge in [-0.15, -0.1) is 0 Å². The average Bonchev–Trinajstić information content (AvgIpc) is 3.43. The number of fused-ring (bicyclic) bond motifs is 2. The summed E-state index contributed by atoms with van der Waals surface area (Å²) in [5.41, 5.74) is 0.863. The summed E-state index contributed by atoms with van der Waals surface area (Å²) in [7, 11) is 0. The first-order chi connectivity index (χ1) is 18.3. The maximum absolute atomic E-state index is 16.2. The standard InChI is InChI=1S/C30H12F4N4/c1-37-30(38-2)23-12-22-25(16-5-9-19(32)10-6-16)26-21(11-20(28(26)33)17(13-35)14-36)24(27(22)29(23)34)15-3-7-18(31)8-4-15/h3-10H,11-12H2. The number of hydrogen-bond donors (Lipinski definition) is 0. The minimum Gasteiger partial charge on any atom is -0.207 e. The largest absolute Gasteiger partial charge is 0.525 e. The topological polar surface area (TPSA) is 56.3 Å². The van der Waals surface area contributed by atoms with Gasteiger partial charge in [0.05, 0.1) is 5.57 Å². The van der Waals surface area contributed by atoms with Gasteiger partial charge in [0.25, 0.3) is 0 Å². The van der Waals surface area contributed by atoms with E-state index in [9.17, 15) is 19.3 Å². The van der Waals surface area contributed by atoms with Crippen LogP contribution in [0.1, 0.15) is 11.1 Å². The zero-order valence-electron chi connectivity index (χ0n) is 19.3. The van der Waals surface area contributed by atoms with Crippen LogP contribution in [0, 0.1) is 47.4 Å². The molecule has 2 aliphatic carbocycles. The van der Waals surface area contributed by atoms with Crippen molar-refractivity contribution in [2.45, 2.75) is 12.8 Å². The third kappa shape index (κ3) is 3.56. The van der Waals surface area contributed by atoms with E-state index in [1.807, 2.05) is 0 Å². The van der Waals surface area contributed by atoms with E-state index >= 15 is 8.78 Å². The first kappa shape index (κ1) is 24.3. The molecule has 0 N–H and O–H groups in total. The van der Waals surface area contributed by atoms with Crippen molar-refractivity contribution in [1.82, 2.24) is 0 Å². The van der Waals surface area contributed by atoms with Crippen LogP contribution in [0.25, 0.3) is 43.6 Å². The lowest BCUT2D eigenvalue weighted by molar-refractivity contribution is 0.627. The van der Waals surface area contributed by atoms with Gasteiger partial charge in [-0.25, -0.2) is 17.6 Å². The zero-order chi connectivity index (χ0) is 27.1. The number of halogens is 4. The molecule has 5 rings (SSSR count). The van der Waals surface area contributed by atoms with E-state index in [4.69, 9.17) is 13.1 Å². The van der Waals surface area contributed by atoms with E-state index in [0.29, 0.717) is 11.1 Å². The third-order valence-electron chi connectivity index (χ3n) is 6.66. The van der Waals surface area contributed by atoms with E-state index in [-0.39, 0.29) is 56.7 Å². The summed E-state index contributed by atoms with van der Waals surface area (Å²) in [5, 5.41) is 18.9. The van der Waals surface area contributed by atoms with E-state index in [2.05, 4.69) is 9.69 Å². The smallest absolute Gasteiger partial charge is 0.207 e. The molecule has 2 aliphatic rings. The molecule has 0 atom stereocenters. The monoisotopic (exact) mass is 504 g/mol. The Balaban J connectivity index is 2.07. The van der Waals surface area contributed by atoms with E-state index in [1.54, 1.807) is 12.1 Å². The minimum absolute atomic E-state index is 0.00825. The van der Waals surface area contributed by atoms with Crippen molar-refractivity contribution in [2.75, 3.05) is 0 Å². The highest BCUT2D eigenvalue weighted by Gasteiger charge is 2.36. The van der Waals surface area contributed by atoms with Crippen LogP contribution in [-0.2, 0) is 12.8 Å². The summed E-state index contributed by atoms with van der Waals surface area (Å²) in [6.45, 7) is 14.7. The Morgan fingerprint density at radius 2 is 1.05 bits per heavy atom. The van der Waals surface area contributed by atoms with E-state index in [1.165, 1.54) is 24.3 Å². The second-order valence-corrected chi connectivity index (χ2v) is 8.56. The molecule has 38 heavy (non-hydrogen) atoms. The van der Waals surface area contributed by atoms with Crippen molar-refractivity contribution in [1.29, 1.82) is 10.5 Å². The van der Waals surface area contributed by atoms with Gasteiger partial charge in [-0.05, 0) is 57.6 Å². The van der Waals surface area contributed by atoms with Gasteiger partial charge in [-0.3, -0.25) is 0 Å². The molecule has 0 aromatic heterocycles. The van der Waals surface area contributed by atoms with Crippen molar-refractivity contribution >= 4 is 11.7 Å². The Morgan fingerprint density at radius 3 is 1.45 bits per heavy atom. The molecule has 3 aromatic carbocycles. The second-order valence-electron chi connectivity index (χ2n) is 8.56. The van der Waals surface area contributed by atoms with Crippen LogP contribution >= 0.6 is 0 Å². The fraction of sp³-hybridized carbons (Fsp3) is 0.0667. The quantitative estimate of drug-likeness (QED) is 0.246. The molecule has 0 amide bonds. The number of benzene rings is 3. The molecule has 0 heterocycles. The van der Waals surface area contributed by atoms with Crippen molar-refractivity contribution < 1.29 is 17.6 Å². The molecule has 0 aliphatic heterocycles. The van der Waals surface area contributed by atoms with Crippen molar-refractivity contribution in [3.8, 4) is 34.4 Å². The SMILES string of the molecule is [C-]#[N+]C([N+]#[C-])=C1Cc2c(-c3ccc(F)cc3)c3c(c(-c4ccc(F)cc4)c2=C1F)CC(=C(C#N)C#N)C=3F. The van der Waals surface area contributed by atoms with Gasteiger partial charge in [0, 0.05) is 28.9 Å². The summed E-state index contributed by atoms with van der Waals surface area (Å²) in [5.74, 6) is -3.26. The van der Waals surface area contributed by atoms with Crippen LogP contribution in [0.15, 0.2) is 71.1 Å². The number of allylic oxidation sites excluding steroid dienone is 3. The molecule has 0 saturated carbocycles.